The van der Waals surface area contributed by atoms with Crippen molar-refractivity contribution in [3.63, 3.8) is 0 Å². The van der Waals surface area contributed by atoms with Gasteiger partial charge >= 0.3 is 59.1 Å². The van der Waals surface area contributed by atoms with E-state index in [-0.39, 0.29) is 75.5 Å². The third-order valence-electron chi connectivity index (χ3n) is 0.167. The first-order valence-corrected chi connectivity index (χ1v) is 1.32. The van der Waals surface area contributed by atoms with Crippen molar-refractivity contribution in [1.29, 1.82) is 0 Å². The molecular weight excluding hydrogens is 146 g/mol. The normalized spacial score (nSPS) is 3.33. The van der Waals surface area contributed by atoms with Crippen molar-refractivity contribution in [3.05, 3.63) is 0 Å². The summed E-state index contributed by atoms with van der Waals surface area (Å²) in [6, 6.07) is 0. The predicted octanol–water partition coefficient (Wildman–Crippen LogP) is -4.87. The van der Waals surface area contributed by atoms with Crippen LogP contribution in [-0.2, 0) is 0 Å². The number of hydrogen-bond acceptors (Lipinski definition) is 2. The van der Waals surface area contributed by atoms with Crippen molar-refractivity contribution in [2.45, 2.75) is 0 Å². The molecule has 5 nitrogen and oxygen atoms in total. The molecule has 0 aliphatic carbocycles. The molecular formula is C2H16N2Na2O3. The molecule has 0 aliphatic heterocycles. The zero-order valence-corrected chi connectivity index (χ0v) is 4.07. The first-order chi connectivity index (χ1) is 1.91. The molecule has 0 spiro atoms. The van der Waals surface area contributed by atoms with Gasteiger partial charge in [0.1, 0.15) is 0 Å². The van der Waals surface area contributed by atoms with Gasteiger partial charge in [-0.1, -0.05) is 0 Å². The van der Waals surface area contributed by atoms with Crippen LogP contribution in [0.3, 0.4) is 0 Å². The van der Waals surface area contributed by atoms with E-state index in [1.165, 1.54) is 0 Å². The number of rotatable bonds is 1. The second-order valence-electron chi connectivity index (χ2n) is 0.577. The maximum absolute atomic E-state index is 4.90. The zero-order valence-electron chi connectivity index (χ0n) is 4.07. The van der Waals surface area contributed by atoms with Crippen molar-refractivity contribution in [2.24, 2.45) is 11.5 Å². The first-order valence-electron chi connectivity index (χ1n) is 1.32. The molecule has 0 saturated carbocycles. The van der Waals surface area contributed by atoms with Gasteiger partial charge in [0.2, 0.25) is 0 Å². The molecule has 0 fully saturated rings. The van der Waals surface area contributed by atoms with E-state index in [0.717, 1.165) is 0 Å². The Balaban J connectivity index is -0.00000000450. The van der Waals surface area contributed by atoms with E-state index in [1.54, 1.807) is 0 Å². The van der Waals surface area contributed by atoms with Crippen LogP contribution in [0.4, 0.5) is 0 Å². The van der Waals surface area contributed by atoms with E-state index in [0.29, 0.717) is 13.1 Å². The van der Waals surface area contributed by atoms with Gasteiger partial charge in [0.25, 0.3) is 0 Å². The Morgan fingerprint density at radius 1 is 0.667 bits per heavy atom. The van der Waals surface area contributed by atoms with Crippen LogP contribution in [-0.4, -0.2) is 88.6 Å². The molecule has 54 valence electrons. The fourth-order valence-electron chi connectivity index (χ4n) is 0. The Morgan fingerprint density at radius 2 is 0.778 bits per heavy atom. The summed E-state index contributed by atoms with van der Waals surface area (Å²) in [6.45, 7) is 1.19. The molecule has 0 aromatic carbocycles. The zero-order chi connectivity index (χ0) is 3.41. The van der Waals surface area contributed by atoms with Gasteiger partial charge in [-0.3, -0.25) is 0 Å². The van der Waals surface area contributed by atoms with E-state index in [1.807, 2.05) is 0 Å². The van der Waals surface area contributed by atoms with E-state index in [9.17, 15) is 0 Å². The van der Waals surface area contributed by atoms with Crippen molar-refractivity contribution < 1.29 is 16.4 Å². The van der Waals surface area contributed by atoms with Crippen LogP contribution in [0.25, 0.3) is 0 Å². The molecule has 10 N–H and O–H groups in total. The number of hydrogen-bond donors (Lipinski definition) is 2. The molecule has 0 bridgehead atoms. The van der Waals surface area contributed by atoms with Crippen molar-refractivity contribution in [3.8, 4) is 0 Å². The van der Waals surface area contributed by atoms with Crippen molar-refractivity contribution >= 4 is 59.1 Å². The van der Waals surface area contributed by atoms with Gasteiger partial charge < -0.3 is 27.9 Å². The summed E-state index contributed by atoms with van der Waals surface area (Å²) in [4.78, 5) is 0. The van der Waals surface area contributed by atoms with Crippen LogP contribution in [0.5, 0.6) is 0 Å². The summed E-state index contributed by atoms with van der Waals surface area (Å²) in [7, 11) is 0. The molecule has 0 amide bonds. The Bertz CT molecular complexity index is 19.8. The molecule has 7 heteroatoms. The Morgan fingerprint density at radius 3 is 0.778 bits per heavy atom. The summed E-state index contributed by atoms with van der Waals surface area (Å²) in [5.41, 5.74) is 9.81. The summed E-state index contributed by atoms with van der Waals surface area (Å²) >= 11 is 0. The average Bonchev–Trinajstić information content (AvgIpc) is 1.37. The van der Waals surface area contributed by atoms with E-state index < -0.39 is 0 Å². The number of nitrogens with two attached hydrogens (primary N) is 2. The van der Waals surface area contributed by atoms with Gasteiger partial charge in [0.15, 0.2) is 0 Å². The second kappa shape index (κ2) is 52.6. The van der Waals surface area contributed by atoms with Gasteiger partial charge in [-0.25, -0.2) is 0 Å². The summed E-state index contributed by atoms with van der Waals surface area (Å²) in [5.74, 6) is 0. The fourth-order valence-corrected chi connectivity index (χ4v) is 0. The molecule has 0 unspecified atom stereocenters. The van der Waals surface area contributed by atoms with Crippen LogP contribution < -0.4 is 11.5 Å². The molecule has 0 heterocycles. The first kappa shape index (κ1) is 45.0. The van der Waals surface area contributed by atoms with E-state index in [2.05, 4.69) is 0 Å². The molecule has 0 aromatic rings. The van der Waals surface area contributed by atoms with E-state index >= 15 is 0 Å². The van der Waals surface area contributed by atoms with Crippen molar-refractivity contribution in [1.82, 2.24) is 0 Å². The van der Waals surface area contributed by atoms with Crippen LogP contribution >= 0.6 is 0 Å². The van der Waals surface area contributed by atoms with Gasteiger partial charge in [-0.2, -0.15) is 0 Å². The van der Waals surface area contributed by atoms with Crippen molar-refractivity contribution in [2.75, 3.05) is 13.1 Å². The summed E-state index contributed by atoms with van der Waals surface area (Å²) < 4.78 is 0. The molecule has 0 aromatic heterocycles. The summed E-state index contributed by atoms with van der Waals surface area (Å²) in [6.07, 6.45) is 0. The quantitative estimate of drug-likeness (QED) is 0.372. The predicted molar refractivity (Wildman–Crippen MR) is 43.2 cm³/mol. The molecule has 0 atom stereocenters. The minimum absolute atomic E-state index is 0. The van der Waals surface area contributed by atoms with Gasteiger partial charge in [0, 0.05) is 13.1 Å². The average molecular weight is 162 g/mol. The molecule has 0 saturated heterocycles. The second-order valence-corrected chi connectivity index (χ2v) is 0.577. The molecule has 9 heavy (non-hydrogen) atoms. The summed E-state index contributed by atoms with van der Waals surface area (Å²) in [5, 5.41) is 0. The molecule has 0 rings (SSSR count). The SMILES string of the molecule is NCCN.O.O.O.[NaH].[NaH]. The Kier molecular flexibility index (Phi) is 263. The monoisotopic (exact) mass is 162 g/mol. The molecule has 0 radical (unpaired) electrons. The van der Waals surface area contributed by atoms with Crippen LogP contribution in [0, 0.1) is 0 Å². The standard InChI is InChI=1S/C2H8N2.2Na.3H2O.2H/c3-1-2-4;;;;;;;/h1-4H2;;;3*1H2;;. The molecule has 0 aliphatic rings. The minimum atomic E-state index is 0. The van der Waals surface area contributed by atoms with Crippen LogP contribution in [0.1, 0.15) is 0 Å². The third-order valence-corrected chi connectivity index (χ3v) is 0.167. The van der Waals surface area contributed by atoms with Gasteiger partial charge in [-0.05, 0) is 0 Å². The topological polar surface area (TPSA) is 147 Å². The Labute approximate surface area is 99.1 Å². The van der Waals surface area contributed by atoms with Gasteiger partial charge in [-0.15, -0.1) is 0 Å². The van der Waals surface area contributed by atoms with Gasteiger partial charge in [0.05, 0.1) is 0 Å². The van der Waals surface area contributed by atoms with E-state index in [4.69, 9.17) is 11.5 Å². The Hall–Kier alpha value is 1.80. The maximum atomic E-state index is 4.90. The third kappa shape index (κ3) is 76.1. The van der Waals surface area contributed by atoms with Crippen LogP contribution in [0.2, 0.25) is 0 Å². The fraction of sp³-hybridized carbons (Fsp3) is 1.00. The van der Waals surface area contributed by atoms with Crippen LogP contribution in [0.15, 0.2) is 0 Å².